The third kappa shape index (κ3) is 5.82. The second-order valence-electron chi connectivity index (χ2n) is 9.09. The van der Waals surface area contributed by atoms with Gasteiger partial charge in [-0.25, -0.2) is 4.98 Å². The predicted octanol–water partition coefficient (Wildman–Crippen LogP) is 6.47. The minimum atomic E-state index is 0.692. The van der Waals surface area contributed by atoms with Crippen LogP contribution in [0.5, 0.6) is 0 Å². The van der Waals surface area contributed by atoms with Crippen molar-refractivity contribution in [2.24, 2.45) is 0 Å². The van der Waals surface area contributed by atoms with Gasteiger partial charge in [0.05, 0.1) is 23.1 Å². The minimum Gasteiger partial charge on any atom is -0.358 e. The van der Waals surface area contributed by atoms with Crippen LogP contribution in [-0.4, -0.2) is 50.7 Å². The van der Waals surface area contributed by atoms with Crippen molar-refractivity contribution >= 4 is 33.4 Å². The van der Waals surface area contributed by atoms with Gasteiger partial charge in [0.25, 0.3) is 0 Å². The van der Waals surface area contributed by atoms with Crippen molar-refractivity contribution in [3.05, 3.63) is 113 Å². The van der Waals surface area contributed by atoms with Gasteiger partial charge in [0, 0.05) is 34.6 Å². The highest BCUT2D eigenvalue weighted by molar-refractivity contribution is 7.08. The summed E-state index contributed by atoms with van der Waals surface area (Å²) in [5.74, 6) is 0.692. The van der Waals surface area contributed by atoms with Crippen LogP contribution < -0.4 is 5.32 Å². The van der Waals surface area contributed by atoms with Gasteiger partial charge in [-0.2, -0.15) is 16.4 Å². The molecule has 7 nitrogen and oxygen atoms in total. The van der Waals surface area contributed by atoms with Gasteiger partial charge >= 0.3 is 0 Å². The molecule has 0 bridgehead atoms. The number of thiophene rings is 1. The van der Waals surface area contributed by atoms with Crippen molar-refractivity contribution in [2.45, 2.75) is 13.8 Å². The molecule has 0 spiro atoms. The van der Waals surface area contributed by atoms with E-state index in [1.165, 1.54) is 0 Å². The molecular weight excluding hydrogens is 490 g/mol. The molecule has 0 aliphatic rings. The number of aromatic amines is 2. The topological polar surface area (TPSA) is 85.5 Å². The zero-order valence-corrected chi connectivity index (χ0v) is 23.1. The van der Waals surface area contributed by atoms with Crippen LogP contribution in [0.25, 0.3) is 33.6 Å². The van der Waals surface area contributed by atoms with Crippen LogP contribution in [0.2, 0.25) is 0 Å². The van der Waals surface area contributed by atoms with Gasteiger partial charge < -0.3 is 15.2 Å². The largest absolute Gasteiger partial charge is 0.358 e. The summed E-state index contributed by atoms with van der Waals surface area (Å²) >= 11 is 1.65. The number of nitrogens with one attached hydrogen (secondary N) is 3. The average Bonchev–Trinajstić information content (AvgIpc) is 3.64. The number of allylic oxidation sites excluding steroid dienone is 6. The van der Waals surface area contributed by atoms with E-state index in [0.29, 0.717) is 5.82 Å². The molecule has 4 heterocycles. The van der Waals surface area contributed by atoms with Crippen molar-refractivity contribution in [1.29, 1.82) is 0 Å². The third-order valence-electron chi connectivity index (χ3n) is 5.89. The molecule has 0 aromatic carbocycles. The van der Waals surface area contributed by atoms with Crippen molar-refractivity contribution in [3.8, 4) is 11.5 Å². The Morgan fingerprint density at radius 3 is 2.74 bits per heavy atom. The summed E-state index contributed by atoms with van der Waals surface area (Å²) in [5, 5.41) is 16.1. The first kappa shape index (κ1) is 26.8. The van der Waals surface area contributed by atoms with E-state index < -0.39 is 0 Å². The van der Waals surface area contributed by atoms with Crippen LogP contribution in [0.15, 0.2) is 90.6 Å². The molecule has 0 saturated heterocycles. The molecule has 0 fully saturated rings. The van der Waals surface area contributed by atoms with Gasteiger partial charge in [-0.05, 0) is 74.1 Å². The van der Waals surface area contributed by atoms with Crippen molar-refractivity contribution in [1.82, 2.24) is 35.4 Å². The first-order chi connectivity index (χ1) is 18.3. The van der Waals surface area contributed by atoms with Crippen LogP contribution >= 0.6 is 11.3 Å². The molecule has 0 saturated carbocycles. The number of likely N-dealkylation sites (N-methyl/N-ethyl adjacent to an activating group) is 1. The lowest BCUT2D eigenvalue weighted by Crippen LogP contribution is -2.23. The number of hydrogen-bond donors (Lipinski definition) is 3. The van der Waals surface area contributed by atoms with Gasteiger partial charge in [-0.1, -0.05) is 38.0 Å². The lowest BCUT2D eigenvalue weighted by Gasteiger charge is -2.15. The van der Waals surface area contributed by atoms with Crippen LogP contribution in [0.4, 0.5) is 0 Å². The Balaban J connectivity index is 1.71. The SMILES string of the molecule is C=C/C=C(/c1ccsc1)c1nc(-c2n[nH]c3cnc(C(/C=C(\C=C)NC(=C)CN(C)C)=C/C)cc23)[nH]c1C. The Hall–Kier alpha value is -4.27. The van der Waals surface area contributed by atoms with E-state index in [-0.39, 0.29) is 0 Å². The second-order valence-corrected chi connectivity index (χ2v) is 9.87. The summed E-state index contributed by atoms with van der Waals surface area (Å²) in [6.07, 6.45) is 11.4. The molecule has 3 N–H and O–H groups in total. The van der Waals surface area contributed by atoms with E-state index in [1.54, 1.807) is 29.7 Å². The first-order valence-electron chi connectivity index (χ1n) is 12.2. The molecule has 4 aromatic rings. The fourth-order valence-electron chi connectivity index (χ4n) is 4.18. The zero-order valence-electron chi connectivity index (χ0n) is 22.3. The summed E-state index contributed by atoms with van der Waals surface area (Å²) < 4.78 is 0. The van der Waals surface area contributed by atoms with Crippen LogP contribution in [0, 0.1) is 6.92 Å². The maximum absolute atomic E-state index is 4.96. The highest BCUT2D eigenvalue weighted by Gasteiger charge is 2.18. The smallest absolute Gasteiger partial charge is 0.159 e. The molecular formula is C30H33N7S. The lowest BCUT2D eigenvalue weighted by molar-refractivity contribution is 0.438. The molecule has 0 amide bonds. The molecule has 8 heteroatoms. The number of H-pyrrole nitrogens is 2. The van der Waals surface area contributed by atoms with Crippen LogP contribution in [-0.2, 0) is 0 Å². The average molecular weight is 524 g/mol. The Labute approximate surface area is 227 Å². The van der Waals surface area contributed by atoms with Gasteiger partial charge in [-0.3, -0.25) is 10.1 Å². The summed E-state index contributed by atoms with van der Waals surface area (Å²) in [4.78, 5) is 15.1. The number of aromatic nitrogens is 5. The van der Waals surface area contributed by atoms with Crippen LogP contribution in [0.3, 0.4) is 0 Å². The zero-order chi connectivity index (χ0) is 27.2. The van der Waals surface area contributed by atoms with Crippen molar-refractivity contribution in [2.75, 3.05) is 20.6 Å². The Bertz CT molecular complexity index is 1560. The second kappa shape index (κ2) is 11.9. The van der Waals surface area contributed by atoms with Gasteiger partial charge in [0.1, 0.15) is 5.69 Å². The van der Waals surface area contributed by atoms with E-state index >= 15 is 0 Å². The quantitative estimate of drug-likeness (QED) is 0.196. The number of nitrogens with zero attached hydrogens (tertiary/aromatic N) is 4. The fourth-order valence-corrected chi connectivity index (χ4v) is 4.84. The monoisotopic (exact) mass is 523 g/mol. The Kier molecular flexibility index (Phi) is 8.35. The number of hydrogen-bond acceptors (Lipinski definition) is 6. The van der Waals surface area contributed by atoms with Gasteiger partial charge in [0.2, 0.25) is 0 Å². The number of fused-ring (bicyclic) bond motifs is 1. The van der Waals surface area contributed by atoms with Crippen LogP contribution in [0.1, 0.15) is 29.6 Å². The molecule has 38 heavy (non-hydrogen) atoms. The van der Waals surface area contributed by atoms with Gasteiger partial charge in [-0.15, -0.1) is 0 Å². The maximum Gasteiger partial charge on any atom is 0.159 e. The summed E-state index contributed by atoms with van der Waals surface area (Å²) in [7, 11) is 4.01. The molecule has 4 rings (SSSR count). The first-order valence-corrected chi connectivity index (χ1v) is 13.2. The standard InChI is InChI=1S/C30H33N7S/c1-8-11-24(22-12-13-38-18-22)28-20(5)33-30(34-28)29-25-15-26(31-16-27(25)35-36-29)21(9-2)14-23(10-3)32-19(4)17-37(6)7/h8-16,18,32H,1,3-4,17H2,2,5-7H3,(H,33,34)(H,35,36)/b21-9+,23-14+,24-11-. The highest BCUT2D eigenvalue weighted by atomic mass is 32.1. The summed E-state index contributed by atoms with van der Waals surface area (Å²) in [5.41, 5.74) is 9.03. The Morgan fingerprint density at radius 2 is 2.08 bits per heavy atom. The number of aryl methyl sites for hydroxylation is 1. The Morgan fingerprint density at radius 1 is 1.26 bits per heavy atom. The molecule has 0 unspecified atom stereocenters. The normalized spacial score (nSPS) is 12.8. The number of rotatable bonds is 11. The number of pyridine rings is 1. The van der Waals surface area contributed by atoms with E-state index in [2.05, 4.69) is 66.9 Å². The van der Waals surface area contributed by atoms with Crippen molar-refractivity contribution in [3.63, 3.8) is 0 Å². The van der Waals surface area contributed by atoms with E-state index in [4.69, 9.17) is 4.98 Å². The molecule has 0 aliphatic heterocycles. The van der Waals surface area contributed by atoms with E-state index in [1.807, 2.05) is 52.2 Å². The van der Waals surface area contributed by atoms with E-state index in [9.17, 15) is 0 Å². The van der Waals surface area contributed by atoms with E-state index in [0.717, 1.165) is 68.3 Å². The highest BCUT2D eigenvalue weighted by Crippen LogP contribution is 2.31. The molecule has 4 aromatic heterocycles. The lowest BCUT2D eigenvalue weighted by atomic mass is 10.0. The van der Waals surface area contributed by atoms with Crippen molar-refractivity contribution < 1.29 is 0 Å². The maximum atomic E-state index is 4.96. The third-order valence-corrected chi connectivity index (χ3v) is 6.58. The summed E-state index contributed by atoms with van der Waals surface area (Å²) in [6.45, 7) is 16.7. The predicted molar refractivity (Wildman–Crippen MR) is 161 cm³/mol. The minimum absolute atomic E-state index is 0.692. The molecule has 0 aliphatic carbocycles. The molecule has 194 valence electrons. The fraction of sp³-hybridized carbons (Fsp3) is 0.167. The number of imidazole rings is 1. The summed E-state index contributed by atoms with van der Waals surface area (Å²) in [6, 6.07) is 4.12. The molecule has 0 atom stereocenters. The molecule has 0 radical (unpaired) electrons. The van der Waals surface area contributed by atoms with Gasteiger partial charge in [0.15, 0.2) is 5.82 Å².